The predicted molar refractivity (Wildman–Crippen MR) is 97.8 cm³/mol. The molecule has 1 N–H and O–H groups in total. The Bertz CT molecular complexity index is 685. The molecule has 25 heavy (non-hydrogen) atoms. The summed E-state index contributed by atoms with van der Waals surface area (Å²) in [4.78, 5) is 27.2. The number of amides is 1. The van der Waals surface area contributed by atoms with Gasteiger partial charge in [-0.2, -0.15) is 0 Å². The van der Waals surface area contributed by atoms with E-state index in [4.69, 9.17) is 4.74 Å². The lowest BCUT2D eigenvalue weighted by Gasteiger charge is -2.33. The highest BCUT2D eigenvalue weighted by Crippen LogP contribution is 2.48. The van der Waals surface area contributed by atoms with E-state index in [1.165, 1.54) is 0 Å². The Kier molecular flexibility index (Phi) is 4.62. The smallest absolute Gasteiger partial charge is 0.308 e. The summed E-state index contributed by atoms with van der Waals surface area (Å²) in [5, 5.41) is 3.35. The number of ether oxygens (including phenoxy) is 1. The first-order valence-corrected chi connectivity index (χ1v) is 9.09. The average Bonchev–Trinajstić information content (AvgIpc) is 2.75. The highest BCUT2D eigenvalue weighted by molar-refractivity contribution is 6.09. The zero-order valence-electron chi connectivity index (χ0n) is 15.6. The van der Waals surface area contributed by atoms with E-state index in [-0.39, 0.29) is 18.3 Å². The van der Waals surface area contributed by atoms with Crippen molar-refractivity contribution >= 4 is 17.6 Å². The maximum atomic E-state index is 13.3. The number of aryl methyl sites for hydroxylation is 1. The van der Waals surface area contributed by atoms with Crippen molar-refractivity contribution < 1.29 is 14.3 Å². The highest BCUT2D eigenvalue weighted by Gasteiger charge is 2.51. The number of hydrogen-bond donors (Lipinski definition) is 1. The zero-order chi connectivity index (χ0) is 18.2. The minimum absolute atomic E-state index is 0.141. The average molecular weight is 344 g/mol. The topological polar surface area (TPSA) is 58.6 Å². The van der Waals surface area contributed by atoms with Gasteiger partial charge in [0.25, 0.3) is 0 Å². The number of carbonyl (C=O) groups excluding carboxylic acids is 2. The number of rotatable bonds is 3. The van der Waals surface area contributed by atoms with Gasteiger partial charge >= 0.3 is 5.97 Å². The summed E-state index contributed by atoms with van der Waals surface area (Å²) < 4.78 is 5.39. The minimum Gasteiger partial charge on any atom is -0.460 e. The molecule has 2 aliphatic rings. The van der Waals surface area contributed by atoms with E-state index in [9.17, 15) is 9.59 Å². The summed E-state index contributed by atoms with van der Waals surface area (Å²) >= 11 is 0. The van der Waals surface area contributed by atoms with Gasteiger partial charge in [-0.3, -0.25) is 9.59 Å². The molecule has 0 bridgehead atoms. The van der Waals surface area contributed by atoms with E-state index in [1.54, 1.807) is 4.90 Å². The molecule has 1 fully saturated rings. The molecular formula is C20H28N2O3. The molecule has 136 valence electrons. The van der Waals surface area contributed by atoms with Crippen molar-refractivity contribution in [1.82, 2.24) is 5.32 Å². The van der Waals surface area contributed by atoms with Crippen molar-refractivity contribution in [3.8, 4) is 0 Å². The Hall–Kier alpha value is -1.88. The Morgan fingerprint density at radius 3 is 2.60 bits per heavy atom. The van der Waals surface area contributed by atoms with Crippen LogP contribution in [-0.2, 0) is 19.7 Å². The lowest BCUT2D eigenvalue weighted by atomic mass is 9.72. The third kappa shape index (κ3) is 3.30. The molecule has 0 radical (unpaired) electrons. The van der Waals surface area contributed by atoms with Crippen LogP contribution in [0.15, 0.2) is 18.2 Å². The third-order valence-corrected chi connectivity index (χ3v) is 5.09. The molecule has 2 heterocycles. The van der Waals surface area contributed by atoms with Crippen LogP contribution in [0.3, 0.4) is 0 Å². The zero-order valence-corrected chi connectivity index (χ0v) is 15.6. The molecule has 1 aromatic carbocycles. The standard InChI is InChI=1S/C20H28N2O3/c1-14-6-5-7-15-17(14)20(9-11-21-12-10-20)18(24)22(15)13-8-16(23)25-19(2,3)4/h5-7,21H,8-13H2,1-4H3. The number of carbonyl (C=O) groups is 2. The van der Waals surface area contributed by atoms with Crippen molar-refractivity contribution in [3.63, 3.8) is 0 Å². The lowest BCUT2D eigenvalue weighted by Crippen LogP contribution is -2.48. The van der Waals surface area contributed by atoms with E-state index in [0.717, 1.165) is 42.7 Å². The summed E-state index contributed by atoms with van der Waals surface area (Å²) in [7, 11) is 0. The van der Waals surface area contributed by atoms with Crippen LogP contribution in [0.5, 0.6) is 0 Å². The summed E-state index contributed by atoms with van der Waals surface area (Å²) in [5.41, 5.74) is 2.35. The van der Waals surface area contributed by atoms with E-state index in [0.29, 0.717) is 6.54 Å². The van der Waals surface area contributed by atoms with Crippen LogP contribution >= 0.6 is 0 Å². The number of esters is 1. The van der Waals surface area contributed by atoms with Crippen LogP contribution in [0.25, 0.3) is 0 Å². The monoisotopic (exact) mass is 344 g/mol. The van der Waals surface area contributed by atoms with Crippen molar-refractivity contribution in [1.29, 1.82) is 0 Å². The Morgan fingerprint density at radius 1 is 1.28 bits per heavy atom. The van der Waals surface area contributed by atoms with Crippen LogP contribution in [-0.4, -0.2) is 37.1 Å². The third-order valence-electron chi connectivity index (χ3n) is 5.09. The molecule has 5 nitrogen and oxygen atoms in total. The summed E-state index contributed by atoms with van der Waals surface area (Å²) in [5.74, 6) is -0.123. The summed E-state index contributed by atoms with van der Waals surface area (Å²) in [6.07, 6.45) is 1.84. The van der Waals surface area contributed by atoms with Crippen molar-refractivity contribution in [3.05, 3.63) is 29.3 Å². The van der Waals surface area contributed by atoms with Crippen LogP contribution in [0.1, 0.15) is 51.2 Å². The second-order valence-electron chi connectivity index (χ2n) is 8.09. The molecule has 3 rings (SSSR count). The molecule has 0 unspecified atom stereocenters. The summed E-state index contributed by atoms with van der Waals surface area (Å²) in [6, 6.07) is 6.07. The normalized spacial score (nSPS) is 19.2. The van der Waals surface area contributed by atoms with Gasteiger partial charge in [0.1, 0.15) is 5.60 Å². The SMILES string of the molecule is Cc1cccc2c1C1(CCNCC1)C(=O)N2CCC(=O)OC(C)(C)C. The van der Waals surface area contributed by atoms with Crippen molar-refractivity contribution in [2.24, 2.45) is 0 Å². The molecule has 0 aliphatic carbocycles. The fourth-order valence-corrected chi connectivity index (χ4v) is 4.11. The molecule has 1 saturated heterocycles. The molecule has 0 aromatic heterocycles. The molecule has 2 aliphatic heterocycles. The van der Waals surface area contributed by atoms with E-state index >= 15 is 0 Å². The maximum absolute atomic E-state index is 13.3. The van der Waals surface area contributed by atoms with E-state index < -0.39 is 11.0 Å². The number of nitrogens with one attached hydrogen (secondary N) is 1. The number of benzene rings is 1. The van der Waals surface area contributed by atoms with Crippen LogP contribution in [0.4, 0.5) is 5.69 Å². The second kappa shape index (κ2) is 6.45. The number of fused-ring (bicyclic) bond motifs is 2. The van der Waals surface area contributed by atoms with E-state index in [2.05, 4.69) is 18.3 Å². The quantitative estimate of drug-likeness (QED) is 0.857. The predicted octanol–water partition coefficient (Wildman–Crippen LogP) is 2.69. The van der Waals surface area contributed by atoms with Gasteiger partial charge < -0.3 is 15.0 Å². The van der Waals surface area contributed by atoms with Gasteiger partial charge in [0, 0.05) is 12.2 Å². The second-order valence-corrected chi connectivity index (χ2v) is 8.09. The van der Waals surface area contributed by atoms with Gasteiger partial charge in [-0.15, -0.1) is 0 Å². The molecule has 5 heteroatoms. The fraction of sp³-hybridized carbons (Fsp3) is 0.600. The number of anilines is 1. The molecule has 0 atom stereocenters. The first-order chi connectivity index (χ1) is 11.7. The first kappa shape index (κ1) is 17.9. The number of nitrogens with zero attached hydrogens (tertiary/aromatic N) is 1. The van der Waals surface area contributed by atoms with E-state index in [1.807, 2.05) is 32.9 Å². The Balaban J connectivity index is 1.85. The number of piperidine rings is 1. The van der Waals surface area contributed by atoms with Crippen LogP contribution < -0.4 is 10.2 Å². The van der Waals surface area contributed by atoms with Gasteiger partial charge in [0.05, 0.1) is 11.8 Å². The molecular weight excluding hydrogens is 316 g/mol. The molecule has 0 saturated carbocycles. The highest BCUT2D eigenvalue weighted by atomic mass is 16.6. The van der Waals surface area contributed by atoms with Crippen LogP contribution in [0, 0.1) is 6.92 Å². The van der Waals surface area contributed by atoms with Crippen molar-refractivity contribution in [2.45, 2.75) is 58.0 Å². The summed E-state index contributed by atoms with van der Waals surface area (Å²) in [6.45, 7) is 9.71. The first-order valence-electron chi connectivity index (χ1n) is 9.09. The molecule has 1 aromatic rings. The fourth-order valence-electron chi connectivity index (χ4n) is 4.11. The molecule has 1 spiro atoms. The van der Waals surface area contributed by atoms with Gasteiger partial charge in [-0.25, -0.2) is 0 Å². The van der Waals surface area contributed by atoms with Crippen LogP contribution in [0.2, 0.25) is 0 Å². The van der Waals surface area contributed by atoms with Gasteiger partial charge in [0.15, 0.2) is 0 Å². The van der Waals surface area contributed by atoms with Crippen molar-refractivity contribution in [2.75, 3.05) is 24.5 Å². The minimum atomic E-state index is -0.503. The Morgan fingerprint density at radius 2 is 1.96 bits per heavy atom. The maximum Gasteiger partial charge on any atom is 0.308 e. The van der Waals surface area contributed by atoms with Gasteiger partial charge in [0.2, 0.25) is 5.91 Å². The number of hydrogen-bond acceptors (Lipinski definition) is 4. The largest absolute Gasteiger partial charge is 0.460 e. The molecule has 1 amide bonds. The van der Waals surface area contributed by atoms with Gasteiger partial charge in [-0.05, 0) is 70.8 Å². The van der Waals surface area contributed by atoms with Gasteiger partial charge in [-0.1, -0.05) is 12.1 Å². The Labute approximate surface area is 149 Å². The lowest BCUT2D eigenvalue weighted by molar-refractivity contribution is -0.154.